The summed E-state index contributed by atoms with van der Waals surface area (Å²) in [6, 6.07) is 18.9. The molecule has 1 aliphatic rings. The molecular weight excluding hydrogens is 373 g/mol. The van der Waals surface area contributed by atoms with Crippen LogP contribution in [0.15, 0.2) is 65.2 Å². The molecule has 1 unspecified atom stereocenters. The molecule has 0 radical (unpaired) electrons. The van der Waals surface area contributed by atoms with Crippen LogP contribution in [0, 0.1) is 0 Å². The first-order chi connectivity index (χ1) is 14.1. The first kappa shape index (κ1) is 19.3. The molecule has 2 aromatic carbocycles. The largest absolute Gasteiger partial charge is 0.367 e. The van der Waals surface area contributed by atoms with E-state index >= 15 is 4.39 Å². The molecular formula is C22H22FN3O3. The van der Waals surface area contributed by atoms with Crippen molar-refractivity contribution in [1.82, 2.24) is 15.0 Å². The Morgan fingerprint density at radius 3 is 2.62 bits per heavy atom. The summed E-state index contributed by atoms with van der Waals surface area (Å²) in [7, 11) is 0. The highest BCUT2D eigenvalue weighted by Crippen LogP contribution is 2.35. The van der Waals surface area contributed by atoms with Crippen molar-refractivity contribution in [1.29, 1.82) is 0 Å². The molecule has 4 rings (SSSR count). The highest BCUT2D eigenvalue weighted by atomic mass is 19.1. The third-order valence-electron chi connectivity index (χ3n) is 4.97. The Hall–Kier alpha value is -3.06. The fourth-order valence-electron chi connectivity index (χ4n) is 3.43. The molecule has 0 bridgehead atoms. The average molecular weight is 395 g/mol. The molecule has 2 heterocycles. The van der Waals surface area contributed by atoms with Crippen molar-refractivity contribution < 1.29 is 18.4 Å². The maximum absolute atomic E-state index is 15.6. The Kier molecular flexibility index (Phi) is 5.67. The van der Waals surface area contributed by atoms with Gasteiger partial charge in [0, 0.05) is 12.1 Å². The average Bonchev–Trinajstić information content (AvgIpc) is 3.26. The highest BCUT2D eigenvalue weighted by molar-refractivity contribution is 5.77. The maximum Gasteiger partial charge on any atom is 0.266 e. The molecule has 1 amide bonds. The van der Waals surface area contributed by atoms with E-state index in [1.54, 1.807) is 0 Å². The normalized spacial score (nSPS) is 19.3. The third-order valence-corrected chi connectivity index (χ3v) is 4.97. The number of ether oxygens (including phenoxy) is 1. The Bertz CT molecular complexity index is 948. The lowest BCUT2D eigenvalue weighted by atomic mass is 9.94. The van der Waals surface area contributed by atoms with E-state index < -0.39 is 5.67 Å². The van der Waals surface area contributed by atoms with Crippen LogP contribution in [-0.2, 0) is 21.8 Å². The van der Waals surface area contributed by atoms with Crippen LogP contribution >= 0.6 is 0 Å². The van der Waals surface area contributed by atoms with E-state index in [0.717, 1.165) is 11.1 Å². The molecule has 7 heteroatoms. The van der Waals surface area contributed by atoms with Crippen molar-refractivity contribution in [3.8, 4) is 11.4 Å². The zero-order chi connectivity index (χ0) is 20.1. The molecule has 1 aromatic heterocycles. The van der Waals surface area contributed by atoms with Crippen LogP contribution in [0.4, 0.5) is 4.39 Å². The number of hydrogen-bond donors (Lipinski definition) is 0. The smallest absolute Gasteiger partial charge is 0.266 e. The summed E-state index contributed by atoms with van der Waals surface area (Å²) >= 11 is 0. The summed E-state index contributed by atoms with van der Waals surface area (Å²) in [6.07, 6.45) is 0.752. The summed E-state index contributed by atoms with van der Waals surface area (Å²) in [6.45, 7) is 0.616. The Balaban J connectivity index is 1.38. The minimum absolute atomic E-state index is 0.0842. The van der Waals surface area contributed by atoms with E-state index in [1.807, 2.05) is 60.7 Å². The van der Waals surface area contributed by atoms with E-state index in [-0.39, 0.29) is 31.4 Å². The predicted molar refractivity (Wildman–Crippen MR) is 104 cm³/mol. The first-order valence-electron chi connectivity index (χ1n) is 9.62. The van der Waals surface area contributed by atoms with Gasteiger partial charge in [0.1, 0.15) is 6.61 Å². The van der Waals surface area contributed by atoms with Gasteiger partial charge >= 0.3 is 0 Å². The second kappa shape index (κ2) is 8.53. The second-order valence-electron chi connectivity index (χ2n) is 7.15. The Morgan fingerprint density at radius 1 is 1.14 bits per heavy atom. The van der Waals surface area contributed by atoms with Crippen LogP contribution < -0.4 is 0 Å². The lowest BCUT2D eigenvalue weighted by Crippen LogP contribution is -2.47. The number of carbonyl (C=O) groups excluding carboxylic acids is 1. The van der Waals surface area contributed by atoms with E-state index in [9.17, 15) is 4.79 Å². The molecule has 0 spiro atoms. The van der Waals surface area contributed by atoms with Crippen LogP contribution in [0.3, 0.4) is 0 Å². The van der Waals surface area contributed by atoms with Crippen LogP contribution in [0.1, 0.15) is 24.3 Å². The van der Waals surface area contributed by atoms with Gasteiger partial charge < -0.3 is 14.2 Å². The van der Waals surface area contributed by atoms with Crippen molar-refractivity contribution in [2.75, 3.05) is 19.7 Å². The molecule has 0 N–H and O–H groups in total. The minimum Gasteiger partial charge on any atom is -0.367 e. The molecule has 150 valence electrons. The summed E-state index contributed by atoms with van der Waals surface area (Å²) in [5, 5.41) is 3.91. The maximum atomic E-state index is 15.6. The Morgan fingerprint density at radius 2 is 1.86 bits per heavy atom. The van der Waals surface area contributed by atoms with Gasteiger partial charge in [0.25, 0.3) is 5.89 Å². The molecule has 1 atom stereocenters. The second-order valence-corrected chi connectivity index (χ2v) is 7.15. The monoisotopic (exact) mass is 395 g/mol. The van der Waals surface area contributed by atoms with Gasteiger partial charge in [0.05, 0.1) is 13.2 Å². The number of hydrogen-bond acceptors (Lipinski definition) is 5. The number of piperidine rings is 1. The van der Waals surface area contributed by atoms with Crippen molar-refractivity contribution >= 4 is 5.91 Å². The minimum atomic E-state index is -1.85. The van der Waals surface area contributed by atoms with Crippen molar-refractivity contribution in [2.24, 2.45) is 0 Å². The first-order valence-corrected chi connectivity index (χ1v) is 9.62. The molecule has 6 nitrogen and oxygen atoms in total. The molecule has 0 aliphatic carbocycles. The highest BCUT2D eigenvalue weighted by Gasteiger charge is 2.43. The van der Waals surface area contributed by atoms with Crippen molar-refractivity contribution in [3.63, 3.8) is 0 Å². The zero-order valence-electron chi connectivity index (χ0n) is 16.0. The number of nitrogens with zero attached hydrogens (tertiary/aromatic N) is 3. The number of alkyl halides is 1. The molecule has 3 aromatic rings. The number of halogens is 1. The van der Waals surface area contributed by atoms with Gasteiger partial charge in [-0.1, -0.05) is 65.8 Å². The van der Waals surface area contributed by atoms with Crippen molar-refractivity contribution in [3.05, 3.63) is 72.1 Å². The number of aromatic nitrogens is 2. The number of carbonyl (C=O) groups is 1. The molecule has 1 fully saturated rings. The zero-order valence-corrected chi connectivity index (χ0v) is 16.0. The van der Waals surface area contributed by atoms with E-state index in [4.69, 9.17) is 9.26 Å². The number of benzene rings is 2. The number of likely N-dealkylation sites (tertiary alicyclic amines) is 1. The number of amides is 1. The molecule has 1 saturated heterocycles. The van der Waals surface area contributed by atoms with Crippen LogP contribution in [-0.4, -0.2) is 40.6 Å². The number of rotatable bonds is 6. The van der Waals surface area contributed by atoms with Crippen LogP contribution in [0.5, 0.6) is 0 Å². The van der Waals surface area contributed by atoms with E-state index in [1.165, 1.54) is 4.90 Å². The van der Waals surface area contributed by atoms with Crippen LogP contribution in [0.2, 0.25) is 0 Å². The molecule has 29 heavy (non-hydrogen) atoms. The van der Waals surface area contributed by atoms with Crippen molar-refractivity contribution in [2.45, 2.75) is 25.1 Å². The topological polar surface area (TPSA) is 68.5 Å². The lowest BCUT2D eigenvalue weighted by molar-refractivity contribution is -0.141. The van der Waals surface area contributed by atoms with Gasteiger partial charge in [-0.25, -0.2) is 4.39 Å². The summed E-state index contributed by atoms with van der Waals surface area (Å²) in [4.78, 5) is 18.2. The fraction of sp³-hybridized carbons (Fsp3) is 0.318. The van der Waals surface area contributed by atoms with Gasteiger partial charge in [-0.15, -0.1) is 0 Å². The third kappa shape index (κ3) is 4.51. The van der Waals surface area contributed by atoms with Crippen LogP contribution in [0.25, 0.3) is 11.4 Å². The summed E-state index contributed by atoms with van der Waals surface area (Å²) in [5.74, 6) is 0.0109. The summed E-state index contributed by atoms with van der Waals surface area (Å²) < 4.78 is 26.3. The Labute approximate surface area is 168 Å². The molecule has 1 aliphatic heterocycles. The quantitative estimate of drug-likeness (QED) is 0.636. The molecule has 0 saturated carbocycles. The summed E-state index contributed by atoms with van der Waals surface area (Å²) in [5.41, 5.74) is -0.116. The van der Waals surface area contributed by atoms with Gasteiger partial charge in [0.2, 0.25) is 17.4 Å². The fourth-order valence-corrected chi connectivity index (χ4v) is 3.43. The van der Waals surface area contributed by atoms with E-state index in [2.05, 4.69) is 10.1 Å². The van der Waals surface area contributed by atoms with Gasteiger partial charge in [-0.3, -0.25) is 4.79 Å². The standard InChI is InChI=1S/C22H22FN3O3/c23-22(21-24-20(25-29-21)18-10-5-2-6-11-18)12-7-13-26(16-22)19(27)15-28-14-17-8-3-1-4-9-17/h1-6,8-11H,7,12-16H2. The van der Waals surface area contributed by atoms with Gasteiger partial charge in [-0.05, 0) is 18.4 Å². The predicted octanol–water partition coefficient (Wildman–Crippen LogP) is 3.74. The van der Waals surface area contributed by atoms with Gasteiger partial charge in [0.15, 0.2) is 0 Å². The van der Waals surface area contributed by atoms with E-state index in [0.29, 0.717) is 25.4 Å². The lowest BCUT2D eigenvalue weighted by Gasteiger charge is -2.35. The van der Waals surface area contributed by atoms with Gasteiger partial charge in [-0.2, -0.15) is 4.98 Å². The SMILES string of the molecule is O=C(COCc1ccccc1)N1CCCC(F)(c2nc(-c3ccccc3)no2)C1.